The van der Waals surface area contributed by atoms with Crippen LogP contribution in [-0.4, -0.2) is 53.1 Å². The molecular formula is C21H20F2N2O4S2. The first-order valence-corrected chi connectivity index (χ1v) is 12.5. The number of para-hydroxylation sites is 1. The first kappa shape index (κ1) is 21.7. The Balaban J connectivity index is 1.56. The molecule has 1 heterocycles. The zero-order chi connectivity index (χ0) is 22.2. The summed E-state index contributed by atoms with van der Waals surface area (Å²) in [7, 11) is -8.51. The Labute approximate surface area is 179 Å². The Hall–Kier alpha value is -2.56. The molecule has 3 aromatic rings. The molecule has 10 heteroatoms. The Morgan fingerprint density at radius 3 is 2.03 bits per heavy atom. The molecular weight excluding hydrogens is 446 g/mol. The molecule has 4 rings (SSSR count). The van der Waals surface area contributed by atoms with E-state index in [4.69, 9.17) is 0 Å². The van der Waals surface area contributed by atoms with Gasteiger partial charge in [0.1, 0.15) is 0 Å². The van der Waals surface area contributed by atoms with Gasteiger partial charge in [-0.1, -0.05) is 42.5 Å². The molecule has 3 aromatic carbocycles. The topological polar surface area (TPSA) is 74.8 Å². The lowest BCUT2D eigenvalue weighted by molar-refractivity contribution is 0.234. The van der Waals surface area contributed by atoms with Crippen LogP contribution in [0.5, 0.6) is 0 Å². The molecule has 0 N–H and O–H groups in total. The lowest BCUT2D eigenvalue weighted by Crippen LogP contribution is -2.49. The molecule has 0 amide bonds. The van der Waals surface area contributed by atoms with Crippen molar-refractivity contribution in [3.05, 3.63) is 66.7 Å². The quantitative estimate of drug-likeness (QED) is 0.577. The van der Waals surface area contributed by atoms with Gasteiger partial charge < -0.3 is 4.90 Å². The van der Waals surface area contributed by atoms with E-state index in [2.05, 4.69) is 0 Å². The van der Waals surface area contributed by atoms with Gasteiger partial charge in [-0.25, -0.2) is 16.8 Å². The molecule has 1 aliphatic heterocycles. The van der Waals surface area contributed by atoms with Gasteiger partial charge in [0.15, 0.2) is 0 Å². The summed E-state index contributed by atoms with van der Waals surface area (Å²) >= 11 is 0. The molecule has 1 saturated heterocycles. The van der Waals surface area contributed by atoms with Crippen LogP contribution in [0.4, 0.5) is 14.5 Å². The Kier molecular flexibility index (Phi) is 5.71. The number of nitrogens with zero attached hydrogens (tertiary/aromatic N) is 2. The molecule has 0 radical (unpaired) electrons. The summed E-state index contributed by atoms with van der Waals surface area (Å²) in [5, 5.41) is 1.75. The van der Waals surface area contributed by atoms with E-state index in [9.17, 15) is 25.6 Å². The van der Waals surface area contributed by atoms with Crippen molar-refractivity contribution in [2.45, 2.75) is 15.5 Å². The first-order chi connectivity index (χ1) is 14.7. The van der Waals surface area contributed by atoms with E-state index < -0.39 is 30.5 Å². The summed E-state index contributed by atoms with van der Waals surface area (Å²) < 4.78 is 77.7. The second-order valence-corrected chi connectivity index (χ2v) is 11.0. The smallest absolute Gasteiger partial charge is 0.341 e. The number of rotatable bonds is 5. The van der Waals surface area contributed by atoms with Crippen LogP contribution in [-0.2, 0) is 19.9 Å². The summed E-state index contributed by atoms with van der Waals surface area (Å²) in [6.45, 7) is 0.585. The minimum absolute atomic E-state index is 0.109. The van der Waals surface area contributed by atoms with Gasteiger partial charge in [-0.05, 0) is 35.0 Å². The van der Waals surface area contributed by atoms with Crippen LogP contribution in [0.2, 0.25) is 0 Å². The van der Waals surface area contributed by atoms with Gasteiger partial charge in [0, 0.05) is 26.2 Å². The maximum absolute atomic E-state index is 13.1. The summed E-state index contributed by atoms with van der Waals surface area (Å²) in [6, 6.07) is 18.0. The minimum atomic E-state index is -4.77. The molecule has 6 nitrogen and oxygen atoms in total. The van der Waals surface area contributed by atoms with Crippen LogP contribution in [0.15, 0.2) is 76.5 Å². The highest BCUT2D eigenvalue weighted by Gasteiger charge is 2.33. The molecule has 164 valence electrons. The third kappa shape index (κ3) is 4.02. The van der Waals surface area contributed by atoms with Crippen molar-refractivity contribution in [2.75, 3.05) is 31.1 Å². The highest BCUT2D eigenvalue weighted by Crippen LogP contribution is 2.31. The van der Waals surface area contributed by atoms with E-state index >= 15 is 0 Å². The number of anilines is 1. The van der Waals surface area contributed by atoms with Crippen LogP contribution in [0.3, 0.4) is 0 Å². The molecule has 0 saturated carbocycles. The molecule has 1 aliphatic rings. The molecule has 0 aromatic heterocycles. The SMILES string of the molecule is O=S(=O)(c1ccccc1N1CCN(S(=O)(=O)c2ccc3ccccc3c2)CC1)C(F)F. The van der Waals surface area contributed by atoms with Crippen molar-refractivity contribution in [2.24, 2.45) is 0 Å². The van der Waals surface area contributed by atoms with E-state index in [-0.39, 0.29) is 36.8 Å². The normalized spacial score (nSPS) is 16.2. The Morgan fingerprint density at radius 2 is 1.35 bits per heavy atom. The average molecular weight is 467 g/mol. The third-order valence-electron chi connectivity index (χ3n) is 5.34. The average Bonchev–Trinajstić information content (AvgIpc) is 2.78. The fourth-order valence-corrected chi connectivity index (χ4v) is 6.11. The summed E-state index contributed by atoms with van der Waals surface area (Å²) in [6.07, 6.45) is 0. The van der Waals surface area contributed by atoms with E-state index in [1.54, 1.807) is 29.2 Å². The highest BCUT2D eigenvalue weighted by atomic mass is 32.2. The van der Waals surface area contributed by atoms with E-state index in [0.717, 1.165) is 16.8 Å². The molecule has 1 fully saturated rings. The lowest BCUT2D eigenvalue weighted by atomic mass is 10.1. The number of hydrogen-bond donors (Lipinski definition) is 0. The fraction of sp³-hybridized carbons (Fsp3) is 0.238. The van der Waals surface area contributed by atoms with Gasteiger partial charge >= 0.3 is 5.76 Å². The van der Waals surface area contributed by atoms with E-state index in [0.29, 0.717) is 0 Å². The fourth-order valence-electron chi connectivity index (χ4n) is 3.70. The van der Waals surface area contributed by atoms with Crippen molar-refractivity contribution in [1.29, 1.82) is 0 Å². The monoisotopic (exact) mass is 466 g/mol. The second-order valence-electron chi connectivity index (χ2n) is 7.17. The van der Waals surface area contributed by atoms with Crippen molar-refractivity contribution in [3.63, 3.8) is 0 Å². The van der Waals surface area contributed by atoms with Crippen LogP contribution in [0, 0.1) is 0 Å². The molecule has 0 bridgehead atoms. The zero-order valence-electron chi connectivity index (χ0n) is 16.4. The van der Waals surface area contributed by atoms with E-state index in [1.165, 1.54) is 16.4 Å². The summed E-state index contributed by atoms with van der Waals surface area (Å²) in [5.41, 5.74) is 0.158. The molecule has 31 heavy (non-hydrogen) atoms. The van der Waals surface area contributed by atoms with Crippen molar-refractivity contribution in [1.82, 2.24) is 4.31 Å². The molecule has 0 atom stereocenters. The van der Waals surface area contributed by atoms with Crippen LogP contribution >= 0.6 is 0 Å². The molecule has 0 unspecified atom stereocenters. The standard InChI is InChI=1S/C21H20F2N2O4S2/c22-21(23)30(26,27)20-8-4-3-7-19(20)24-11-13-25(14-12-24)31(28,29)18-10-9-16-5-1-2-6-17(16)15-18/h1-10,15,21H,11-14H2. The minimum Gasteiger partial charge on any atom is -0.368 e. The van der Waals surface area contributed by atoms with Crippen molar-refractivity contribution < 1.29 is 25.6 Å². The van der Waals surface area contributed by atoms with Gasteiger partial charge in [-0.15, -0.1) is 0 Å². The lowest BCUT2D eigenvalue weighted by Gasteiger charge is -2.36. The molecule has 0 spiro atoms. The Morgan fingerprint density at radius 1 is 0.742 bits per heavy atom. The number of halogens is 2. The van der Waals surface area contributed by atoms with Gasteiger partial charge in [0.05, 0.1) is 15.5 Å². The number of sulfone groups is 1. The zero-order valence-corrected chi connectivity index (χ0v) is 18.0. The summed E-state index contributed by atoms with van der Waals surface area (Å²) in [4.78, 5) is 1.36. The van der Waals surface area contributed by atoms with Gasteiger partial charge in [-0.3, -0.25) is 0 Å². The van der Waals surface area contributed by atoms with Crippen molar-refractivity contribution >= 4 is 36.3 Å². The predicted molar refractivity (Wildman–Crippen MR) is 115 cm³/mol. The Bertz CT molecular complexity index is 1320. The van der Waals surface area contributed by atoms with E-state index in [1.807, 2.05) is 24.3 Å². The third-order valence-corrected chi connectivity index (χ3v) is 8.67. The summed E-state index contributed by atoms with van der Waals surface area (Å²) in [5.74, 6) is -3.52. The van der Waals surface area contributed by atoms with Crippen LogP contribution < -0.4 is 4.90 Å². The molecule has 0 aliphatic carbocycles. The number of sulfonamides is 1. The largest absolute Gasteiger partial charge is 0.368 e. The van der Waals surface area contributed by atoms with Crippen molar-refractivity contribution in [3.8, 4) is 0 Å². The number of hydrogen-bond acceptors (Lipinski definition) is 5. The number of piperazine rings is 1. The highest BCUT2D eigenvalue weighted by molar-refractivity contribution is 7.91. The number of alkyl halides is 2. The van der Waals surface area contributed by atoms with Gasteiger partial charge in [0.2, 0.25) is 19.9 Å². The number of benzene rings is 3. The maximum atomic E-state index is 13.1. The van der Waals surface area contributed by atoms with Crippen LogP contribution in [0.1, 0.15) is 0 Å². The van der Waals surface area contributed by atoms with Gasteiger partial charge in [-0.2, -0.15) is 13.1 Å². The maximum Gasteiger partial charge on any atom is 0.341 e. The number of fused-ring (bicyclic) bond motifs is 1. The first-order valence-electron chi connectivity index (χ1n) is 9.56. The van der Waals surface area contributed by atoms with Gasteiger partial charge in [0.25, 0.3) is 0 Å². The predicted octanol–water partition coefficient (Wildman–Crippen LogP) is 3.35. The second kappa shape index (κ2) is 8.18. The van der Waals surface area contributed by atoms with Crippen LogP contribution in [0.25, 0.3) is 10.8 Å².